The quantitative estimate of drug-likeness (QED) is 0.502. The molecule has 1 fully saturated rings. The van der Waals surface area contributed by atoms with Crippen molar-refractivity contribution in [3.8, 4) is 27.7 Å². The number of amides is 4. The van der Waals surface area contributed by atoms with Gasteiger partial charge < -0.3 is 40.6 Å². The molecule has 34 heavy (non-hydrogen) atoms. The molecule has 1 atom stereocenters. The van der Waals surface area contributed by atoms with Crippen molar-refractivity contribution in [1.29, 1.82) is 0 Å². The zero-order valence-corrected chi connectivity index (χ0v) is 20.0. The number of carbonyl (C=O) groups excluding carboxylic acids is 3. The van der Waals surface area contributed by atoms with Gasteiger partial charge in [0.25, 0.3) is 0 Å². The summed E-state index contributed by atoms with van der Waals surface area (Å²) in [7, 11) is 4.49. The number of primary amides is 2. The van der Waals surface area contributed by atoms with E-state index in [1.807, 2.05) is 0 Å². The summed E-state index contributed by atoms with van der Waals surface area (Å²) in [4.78, 5) is 38.5. The molecule has 184 valence electrons. The van der Waals surface area contributed by atoms with E-state index in [0.717, 1.165) is 24.2 Å². The molecule has 0 radical (unpaired) electrons. The summed E-state index contributed by atoms with van der Waals surface area (Å²) in [6.07, 6.45) is 1.63. The van der Waals surface area contributed by atoms with E-state index in [2.05, 4.69) is 5.32 Å². The number of carbonyl (C=O) groups is 3. The van der Waals surface area contributed by atoms with E-state index in [-0.39, 0.29) is 17.1 Å². The van der Waals surface area contributed by atoms with Gasteiger partial charge in [0.15, 0.2) is 11.5 Å². The molecule has 1 aliphatic heterocycles. The maximum absolute atomic E-state index is 13.1. The van der Waals surface area contributed by atoms with Crippen LogP contribution in [0, 0.1) is 0 Å². The number of hydrogen-bond donors (Lipinski definition) is 3. The van der Waals surface area contributed by atoms with Crippen LogP contribution in [0.5, 0.6) is 17.2 Å². The van der Waals surface area contributed by atoms with Crippen LogP contribution in [0.4, 0.5) is 15.3 Å². The number of nitrogens with zero attached hydrogens (tertiary/aromatic N) is 1. The molecule has 3 rings (SSSR count). The Morgan fingerprint density at radius 1 is 1.06 bits per heavy atom. The van der Waals surface area contributed by atoms with Gasteiger partial charge in [-0.1, -0.05) is 0 Å². The fraction of sp³-hybridized carbons (Fsp3) is 0.409. The molecule has 0 spiro atoms. The summed E-state index contributed by atoms with van der Waals surface area (Å²) < 4.78 is 22.0. The minimum atomic E-state index is -0.827. The molecule has 1 aromatic heterocycles. The van der Waals surface area contributed by atoms with Crippen molar-refractivity contribution in [1.82, 2.24) is 4.90 Å². The third-order valence-corrected chi connectivity index (χ3v) is 6.51. The van der Waals surface area contributed by atoms with Crippen LogP contribution in [-0.4, -0.2) is 63.5 Å². The van der Waals surface area contributed by atoms with Crippen LogP contribution in [0.1, 0.15) is 28.9 Å². The van der Waals surface area contributed by atoms with Crippen LogP contribution in [0.3, 0.4) is 0 Å². The van der Waals surface area contributed by atoms with Gasteiger partial charge in [0, 0.05) is 17.0 Å². The standard InChI is InChI=1S/C22H28N4O7S/c1-30-15-8-7-13(17(31-2)18(15)32-3)16-10-14(25-21(23)28)19(34-16)20(27)33-12-6-4-5-9-26(11-12)22(24)29/h7-8,10,12H,4-6,9,11H2,1-3H3,(H2,24,29)(H3,23,25,28). The molecular weight excluding hydrogens is 464 g/mol. The van der Waals surface area contributed by atoms with E-state index in [1.165, 1.54) is 26.2 Å². The molecule has 0 bridgehead atoms. The van der Waals surface area contributed by atoms with Crippen LogP contribution in [-0.2, 0) is 4.74 Å². The van der Waals surface area contributed by atoms with Crippen molar-refractivity contribution < 1.29 is 33.3 Å². The first-order valence-electron chi connectivity index (χ1n) is 10.5. The second kappa shape index (κ2) is 11.0. The summed E-state index contributed by atoms with van der Waals surface area (Å²) in [5.74, 6) is 0.613. The maximum Gasteiger partial charge on any atom is 0.350 e. The highest BCUT2D eigenvalue weighted by Crippen LogP contribution is 2.47. The highest BCUT2D eigenvalue weighted by atomic mass is 32.1. The van der Waals surface area contributed by atoms with Gasteiger partial charge in [-0.3, -0.25) is 0 Å². The predicted molar refractivity (Wildman–Crippen MR) is 127 cm³/mol. The molecule has 2 heterocycles. The predicted octanol–water partition coefficient (Wildman–Crippen LogP) is 3.02. The van der Waals surface area contributed by atoms with Crippen LogP contribution < -0.4 is 31.0 Å². The van der Waals surface area contributed by atoms with Gasteiger partial charge in [0.1, 0.15) is 11.0 Å². The van der Waals surface area contributed by atoms with Gasteiger partial charge in [0.2, 0.25) is 5.75 Å². The lowest BCUT2D eigenvalue weighted by molar-refractivity contribution is 0.0247. The average Bonchev–Trinajstić information content (AvgIpc) is 3.06. The number of esters is 1. The minimum absolute atomic E-state index is 0.153. The molecule has 11 nitrogen and oxygen atoms in total. The van der Waals surface area contributed by atoms with Gasteiger partial charge in [-0.2, -0.15) is 0 Å². The Kier molecular flexibility index (Phi) is 8.05. The zero-order chi connectivity index (χ0) is 24.8. The number of benzene rings is 1. The van der Waals surface area contributed by atoms with Crippen LogP contribution in [0.15, 0.2) is 18.2 Å². The second-order valence-corrected chi connectivity index (χ2v) is 8.58. The largest absolute Gasteiger partial charge is 0.493 e. The Hall–Kier alpha value is -3.67. The van der Waals surface area contributed by atoms with E-state index in [1.54, 1.807) is 18.2 Å². The van der Waals surface area contributed by atoms with E-state index in [4.69, 9.17) is 30.4 Å². The number of anilines is 1. The van der Waals surface area contributed by atoms with Gasteiger partial charge in [-0.15, -0.1) is 11.3 Å². The molecule has 1 saturated heterocycles. The fourth-order valence-corrected chi connectivity index (χ4v) is 4.82. The first-order valence-corrected chi connectivity index (χ1v) is 11.4. The lowest BCUT2D eigenvalue weighted by atomic mass is 10.1. The number of urea groups is 2. The van der Waals surface area contributed by atoms with Crippen molar-refractivity contribution in [3.05, 3.63) is 23.1 Å². The lowest BCUT2D eigenvalue weighted by Gasteiger charge is -2.22. The average molecular weight is 493 g/mol. The van der Waals surface area contributed by atoms with Gasteiger partial charge in [-0.25, -0.2) is 14.4 Å². The van der Waals surface area contributed by atoms with Crippen molar-refractivity contribution in [3.63, 3.8) is 0 Å². The molecule has 0 saturated carbocycles. The first kappa shape index (κ1) is 25.0. The van der Waals surface area contributed by atoms with Crippen LogP contribution >= 0.6 is 11.3 Å². The maximum atomic E-state index is 13.1. The molecular formula is C22H28N4O7S. The highest BCUT2D eigenvalue weighted by molar-refractivity contribution is 7.18. The summed E-state index contributed by atoms with van der Waals surface area (Å²) in [6, 6.07) is 3.69. The van der Waals surface area contributed by atoms with E-state index in [9.17, 15) is 14.4 Å². The number of likely N-dealkylation sites (tertiary alicyclic amines) is 1. The van der Waals surface area contributed by atoms with Crippen LogP contribution in [0.2, 0.25) is 0 Å². The van der Waals surface area contributed by atoms with Crippen molar-refractivity contribution >= 4 is 35.1 Å². The molecule has 0 aliphatic carbocycles. The molecule has 12 heteroatoms. The number of rotatable bonds is 7. The first-order chi connectivity index (χ1) is 16.3. The SMILES string of the molecule is COc1ccc(-c2cc(NC(N)=O)c(C(=O)OC3CCCCN(C(N)=O)C3)s2)c(OC)c1OC. The Morgan fingerprint density at radius 2 is 1.79 bits per heavy atom. The molecule has 1 aromatic carbocycles. The molecule has 1 aliphatic rings. The number of nitrogens with one attached hydrogen (secondary N) is 1. The number of methoxy groups -OCH3 is 3. The Bertz CT molecular complexity index is 1070. The molecule has 4 amide bonds. The third-order valence-electron chi connectivity index (χ3n) is 5.36. The van der Waals surface area contributed by atoms with Crippen LogP contribution in [0.25, 0.3) is 10.4 Å². The normalized spacial score (nSPS) is 15.7. The van der Waals surface area contributed by atoms with E-state index in [0.29, 0.717) is 40.7 Å². The zero-order valence-electron chi connectivity index (χ0n) is 19.2. The second-order valence-electron chi connectivity index (χ2n) is 7.53. The summed E-state index contributed by atoms with van der Waals surface area (Å²) in [6.45, 7) is 0.724. The third kappa shape index (κ3) is 5.45. The Morgan fingerprint density at radius 3 is 2.41 bits per heavy atom. The lowest BCUT2D eigenvalue weighted by Crippen LogP contribution is -2.41. The van der Waals surface area contributed by atoms with Gasteiger partial charge >= 0.3 is 18.0 Å². The van der Waals surface area contributed by atoms with Gasteiger partial charge in [-0.05, 0) is 37.5 Å². The Balaban J connectivity index is 1.96. The number of ether oxygens (including phenoxy) is 4. The Labute approximate surface area is 200 Å². The number of thiophene rings is 1. The summed E-state index contributed by atoms with van der Waals surface area (Å²) >= 11 is 1.10. The minimum Gasteiger partial charge on any atom is -0.493 e. The summed E-state index contributed by atoms with van der Waals surface area (Å²) in [5.41, 5.74) is 11.6. The topological polar surface area (TPSA) is 155 Å². The smallest absolute Gasteiger partial charge is 0.350 e. The van der Waals surface area contributed by atoms with Crippen molar-refractivity contribution in [2.24, 2.45) is 11.5 Å². The van der Waals surface area contributed by atoms with E-state index < -0.39 is 24.1 Å². The van der Waals surface area contributed by atoms with Crippen molar-refractivity contribution in [2.45, 2.75) is 25.4 Å². The molecule has 2 aromatic rings. The summed E-state index contributed by atoms with van der Waals surface area (Å²) in [5, 5.41) is 2.48. The monoisotopic (exact) mass is 492 g/mol. The molecule has 1 unspecified atom stereocenters. The van der Waals surface area contributed by atoms with Crippen molar-refractivity contribution in [2.75, 3.05) is 39.7 Å². The van der Waals surface area contributed by atoms with E-state index >= 15 is 0 Å². The fourth-order valence-electron chi connectivity index (χ4n) is 3.80. The van der Waals surface area contributed by atoms with Gasteiger partial charge in [0.05, 0.1) is 33.6 Å². The number of hydrogen-bond acceptors (Lipinski definition) is 8. The molecule has 5 N–H and O–H groups in total. The highest BCUT2D eigenvalue weighted by Gasteiger charge is 2.28. The number of nitrogens with two attached hydrogens (primary N) is 2.